The third-order valence-electron chi connectivity index (χ3n) is 1.22. The van der Waals surface area contributed by atoms with Crippen LogP contribution < -0.4 is 5.32 Å². The summed E-state index contributed by atoms with van der Waals surface area (Å²) >= 11 is 0. The van der Waals surface area contributed by atoms with E-state index in [2.05, 4.69) is 5.32 Å². The van der Waals surface area contributed by atoms with E-state index < -0.39 is 0 Å². The van der Waals surface area contributed by atoms with Crippen LogP contribution in [0.2, 0.25) is 0 Å². The number of nitrogens with zero attached hydrogens (tertiary/aromatic N) is 1. The lowest BCUT2D eigenvalue weighted by atomic mass is 10.3. The molecule has 1 N–H and O–H groups in total. The highest BCUT2D eigenvalue weighted by Gasteiger charge is 1.90. The highest BCUT2D eigenvalue weighted by molar-refractivity contribution is 5.76. The van der Waals surface area contributed by atoms with Gasteiger partial charge in [0.05, 0.1) is 0 Å². The molecule has 0 radical (unpaired) electrons. The fourth-order valence-corrected chi connectivity index (χ4v) is 0.578. The van der Waals surface area contributed by atoms with Crippen LogP contribution in [0.5, 0.6) is 0 Å². The maximum Gasteiger partial charge on any atom is 0.223 e. The van der Waals surface area contributed by atoms with E-state index in [0.717, 1.165) is 6.54 Å². The molecule has 3 nitrogen and oxygen atoms in total. The number of rotatable bonds is 4. The second-order valence-corrected chi connectivity index (χ2v) is 2.61. The van der Waals surface area contributed by atoms with Gasteiger partial charge in [-0.25, -0.2) is 0 Å². The summed E-state index contributed by atoms with van der Waals surface area (Å²) in [5.74, 6) is 0.0556. The zero-order valence-corrected chi connectivity index (χ0v) is 7.42. The first kappa shape index (κ1) is 10.2. The molecule has 0 atom stereocenters. The largest absolute Gasteiger partial charge is 0.359 e. The fraction of sp³-hybridized carbons (Fsp3) is 0.625. The molecule has 0 aliphatic heterocycles. The maximum atomic E-state index is 10.7. The normalized spacial score (nSPS) is 10.9. The van der Waals surface area contributed by atoms with Gasteiger partial charge in [0, 0.05) is 20.0 Å². The molecule has 0 aromatic carbocycles. The molecule has 0 saturated carbocycles. The molecule has 0 bridgehead atoms. The van der Waals surface area contributed by atoms with E-state index in [-0.39, 0.29) is 5.91 Å². The Bertz CT molecular complexity index is 141. The van der Waals surface area contributed by atoms with Crippen LogP contribution in [0.25, 0.3) is 0 Å². The van der Waals surface area contributed by atoms with Gasteiger partial charge in [-0.1, -0.05) is 12.2 Å². The number of carbonyl (C=O) groups excluding carboxylic acids is 1. The second kappa shape index (κ2) is 5.92. The molecular formula is C8H16N2O. The summed E-state index contributed by atoms with van der Waals surface area (Å²) < 4.78 is 0. The number of hydrogen-bond donors (Lipinski definition) is 1. The monoisotopic (exact) mass is 156 g/mol. The molecule has 0 spiro atoms. The third kappa shape index (κ3) is 7.06. The zero-order chi connectivity index (χ0) is 8.69. The van der Waals surface area contributed by atoms with Gasteiger partial charge in [0.15, 0.2) is 0 Å². The maximum absolute atomic E-state index is 10.7. The molecule has 0 unspecified atom stereocenters. The van der Waals surface area contributed by atoms with Gasteiger partial charge in [-0.05, 0) is 14.1 Å². The van der Waals surface area contributed by atoms with Crippen molar-refractivity contribution < 1.29 is 4.79 Å². The zero-order valence-electron chi connectivity index (χ0n) is 7.42. The Morgan fingerprint density at radius 3 is 2.55 bits per heavy atom. The minimum absolute atomic E-state index is 0.0556. The van der Waals surface area contributed by atoms with Crippen molar-refractivity contribution in [3.63, 3.8) is 0 Å². The number of likely N-dealkylation sites (N-methyl/N-ethyl adjacent to an activating group) is 1. The van der Waals surface area contributed by atoms with Crippen molar-refractivity contribution in [2.75, 3.05) is 27.7 Å². The lowest BCUT2D eigenvalue weighted by molar-refractivity contribution is -0.119. The van der Waals surface area contributed by atoms with Crippen LogP contribution >= 0.6 is 0 Å². The van der Waals surface area contributed by atoms with Crippen LogP contribution in [-0.4, -0.2) is 38.5 Å². The van der Waals surface area contributed by atoms with Crippen LogP contribution in [0.3, 0.4) is 0 Å². The Hall–Kier alpha value is -0.830. The van der Waals surface area contributed by atoms with Gasteiger partial charge in [0.25, 0.3) is 0 Å². The van der Waals surface area contributed by atoms with Crippen LogP contribution in [-0.2, 0) is 4.79 Å². The average molecular weight is 156 g/mol. The first-order valence-electron chi connectivity index (χ1n) is 3.67. The van der Waals surface area contributed by atoms with Crippen molar-refractivity contribution in [1.29, 1.82) is 0 Å². The van der Waals surface area contributed by atoms with Crippen molar-refractivity contribution in [2.24, 2.45) is 0 Å². The van der Waals surface area contributed by atoms with Crippen molar-refractivity contribution in [3.05, 3.63) is 12.2 Å². The minimum Gasteiger partial charge on any atom is -0.359 e. The molecule has 11 heavy (non-hydrogen) atoms. The van der Waals surface area contributed by atoms with Gasteiger partial charge in [0.2, 0.25) is 5.91 Å². The number of carbonyl (C=O) groups is 1. The van der Waals surface area contributed by atoms with Crippen molar-refractivity contribution in [3.8, 4) is 0 Å². The lowest BCUT2D eigenvalue weighted by Crippen LogP contribution is -2.16. The topological polar surface area (TPSA) is 32.3 Å². The summed E-state index contributed by atoms with van der Waals surface area (Å²) in [6, 6.07) is 0. The van der Waals surface area contributed by atoms with Crippen molar-refractivity contribution in [2.45, 2.75) is 6.42 Å². The summed E-state index contributed by atoms with van der Waals surface area (Å²) in [4.78, 5) is 12.7. The van der Waals surface area contributed by atoms with E-state index in [9.17, 15) is 4.79 Å². The molecule has 0 rings (SSSR count). The van der Waals surface area contributed by atoms with Gasteiger partial charge in [-0.15, -0.1) is 0 Å². The Balaban J connectivity index is 3.37. The van der Waals surface area contributed by atoms with Gasteiger partial charge in [0.1, 0.15) is 0 Å². The molecule has 0 aromatic rings. The Morgan fingerprint density at radius 1 is 1.45 bits per heavy atom. The van der Waals surface area contributed by atoms with E-state index in [0.29, 0.717) is 6.42 Å². The summed E-state index contributed by atoms with van der Waals surface area (Å²) in [6.45, 7) is 0.886. The van der Waals surface area contributed by atoms with E-state index in [4.69, 9.17) is 0 Å². The highest BCUT2D eigenvalue weighted by atomic mass is 16.1. The Labute approximate surface area is 68.1 Å². The van der Waals surface area contributed by atoms with Gasteiger partial charge >= 0.3 is 0 Å². The SMILES string of the molecule is CNC(=O)C/C=C/CN(C)C. The average Bonchev–Trinajstić information content (AvgIpc) is 1.97. The molecule has 1 amide bonds. The van der Waals surface area contributed by atoms with E-state index in [1.54, 1.807) is 7.05 Å². The molecule has 0 aliphatic carbocycles. The summed E-state index contributed by atoms with van der Waals surface area (Å²) in [6.07, 6.45) is 4.33. The number of amides is 1. The third-order valence-corrected chi connectivity index (χ3v) is 1.22. The Kier molecular flexibility index (Phi) is 5.47. The van der Waals surface area contributed by atoms with Gasteiger partial charge in [-0.3, -0.25) is 4.79 Å². The lowest BCUT2D eigenvalue weighted by Gasteiger charge is -2.03. The standard InChI is InChI=1S/C8H16N2O/c1-9-8(11)6-4-5-7-10(2)3/h4-5H,6-7H2,1-3H3,(H,9,11)/b5-4+. The smallest absolute Gasteiger partial charge is 0.223 e. The van der Waals surface area contributed by atoms with Gasteiger partial charge < -0.3 is 10.2 Å². The molecule has 0 fully saturated rings. The second-order valence-electron chi connectivity index (χ2n) is 2.61. The predicted octanol–water partition coefficient (Wildman–Crippen LogP) is 0.240. The number of hydrogen-bond acceptors (Lipinski definition) is 2. The predicted molar refractivity (Wildman–Crippen MR) is 46.4 cm³/mol. The summed E-state index contributed by atoms with van der Waals surface area (Å²) in [7, 11) is 5.62. The Morgan fingerprint density at radius 2 is 2.09 bits per heavy atom. The number of nitrogens with one attached hydrogen (secondary N) is 1. The fourth-order valence-electron chi connectivity index (χ4n) is 0.578. The van der Waals surface area contributed by atoms with E-state index >= 15 is 0 Å². The first-order chi connectivity index (χ1) is 5.16. The summed E-state index contributed by atoms with van der Waals surface area (Å²) in [5, 5.41) is 2.55. The quantitative estimate of drug-likeness (QED) is 0.591. The van der Waals surface area contributed by atoms with Crippen molar-refractivity contribution in [1.82, 2.24) is 10.2 Å². The minimum atomic E-state index is 0.0556. The molecule has 0 heterocycles. The molecule has 0 saturated heterocycles. The molecule has 64 valence electrons. The van der Waals surface area contributed by atoms with Crippen LogP contribution in [0, 0.1) is 0 Å². The van der Waals surface area contributed by atoms with E-state index in [1.165, 1.54) is 0 Å². The first-order valence-corrected chi connectivity index (χ1v) is 3.67. The molecular weight excluding hydrogens is 140 g/mol. The van der Waals surface area contributed by atoms with Gasteiger partial charge in [-0.2, -0.15) is 0 Å². The molecule has 3 heteroatoms. The van der Waals surface area contributed by atoms with Crippen LogP contribution in [0.1, 0.15) is 6.42 Å². The summed E-state index contributed by atoms with van der Waals surface area (Å²) in [5.41, 5.74) is 0. The van der Waals surface area contributed by atoms with E-state index in [1.807, 2.05) is 31.1 Å². The van der Waals surface area contributed by atoms with Crippen molar-refractivity contribution >= 4 is 5.91 Å². The molecule has 0 aliphatic rings. The van der Waals surface area contributed by atoms with Crippen LogP contribution in [0.4, 0.5) is 0 Å². The highest BCUT2D eigenvalue weighted by Crippen LogP contribution is 1.83. The van der Waals surface area contributed by atoms with Crippen LogP contribution in [0.15, 0.2) is 12.2 Å². The molecule has 0 aromatic heterocycles.